The van der Waals surface area contributed by atoms with Crippen molar-refractivity contribution in [3.8, 4) is 11.3 Å². The highest BCUT2D eigenvalue weighted by Gasteiger charge is 2.08. The molecule has 0 aliphatic rings. The van der Waals surface area contributed by atoms with Crippen molar-refractivity contribution in [2.75, 3.05) is 0 Å². The molecule has 88 valence electrons. The van der Waals surface area contributed by atoms with E-state index in [-0.39, 0.29) is 0 Å². The third kappa shape index (κ3) is 2.34. The van der Waals surface area contributed by atoms with Crippen LogP contribution in [0.25, 0.3) is 11.3 Å². The smallest absolute Gasteiger partial charge is 0.0846 e. The molecular weight excluding hydrogens is 238 g/mol. The molecule has 0 fully saturated rings. The van der Waals surface area contributed by atoms with Crippen LogP contribution < -0.4 is 0 Å². The van der Waals surface area contributed by atoms with E-state index in [2.05, 4.69) is 53.5 Å². The van der Waals surface area contributed by atoms with Crippen LogP contribution in [0.3, 0.4) is 0 Å². The summed E-state index contributed by atoms with van der Waals surface area (Å²) in [6.45, 7) is 0. The van der Waals surface area contributed by atoms with Crippen molar-refractivity contribution in [2.24, 2.45) is 0 Å². The maximum absolute atomic E-state index is 4.50. The molecule has 0 spiro atoms. The average Bonchev–Trinajstić information content (AvgIpc) is 2.89. The van der Waals surface area contributed by atoms with Gasteiger partial charge >= 0.3 is 0 Å². The Labute approximate surface area is 111 Å². The van der Waals surface area contributed by atoms with E-state index in [1.54, 1.807) is 11.3 Å². The summed E-state index contributed by atoms with van der Waals surface area (Å²) in [6, 6.07) is 20.9. The van der Waals surface area contributed by atoms with Gasteiger partial charge in [-0.05, 0) is 5.56 Å². The van der Waals surface area contributed by atoms with Gasteiger partial charge in [0.25, 0.3) is 0 Å². The standard InChI is InChI=1S/C16H13NS/c1-3-7-13(8-4-1)11-15-16(17-12-18-15)14-9-5-2-6-10-14/h1-10,12H,11H2. The third-order valence-corrected chi connectivity index (χ3v) is 3.73. The first-order valence-corrected chi connectivity index (χ1v) is 6.83. The normalized spacial score (nSPS) is 10.4. The van der Waals surface area contributed by atoms with Gasteiger partial charge in [0.15, 0.2) is 0 Å². The van der Waals surface area contributed by atoms with Crippen molar-refractivity contribution in [3.05, 3.63) is 76.6 Å². The lowest BCUT2D eigenvalue weighted by atomic mass is 10.1. The van der Waals surface area contributed by atoms with Crippen molar-refractivity contribution in [1.82, 2.24) is 4.98 Å². The van der Waals surface area contributed by atoms with Gasteiger partial charge in [-0.3, -0.25) is 0 Å². The maximum Gasteiger partial charge on any atom is 0.0846 e. The average molecular weight is 251 g/mol. The Hall–Kier alpha value is -1.93. The number of nitrogens with zero attached hydrogens (tertiary/aromatic N) is 1. The first-order chi connectivity index (χ1) is 8.93. The molecule has 1 aromatic heterocycles. The third-order valence-electron chi connectivity index (χ3n) is 2.90. The molecule has 3 rings (SSSR count). The summed E-state index contributed by atoms with van der Waals surface area (Å²) < 4.78 is 0. The molecule has 2 heteroatoms. The zero-order valence-electron chi connectivity index (χ0n) is 9.91. The van der Waals surface area contributed by atoms with Crippen molar-refractivity contribution in [3.63, 3.8) is 0 Å². The van der Waals surface area contributed by atoms with Crippen LogP contribution >= 0.6 is 11.3 Å². The molecule has 0 aliphatic carbocycles. The zero-order chi connectivity index (χ0) is 12.2. The van der Waals surface area contributed by atoms with Crippen LogP contribution in [-0.2, 0) is 6.42 Å². The highest BCUT2D eigenvalue weighted by Crippen LogP contribution is 2.27. The van der Waals surface area contributed by atoms with Crippen LogP contribution in [0.1, 0.15) is 10.4 Å². The van der Waals surface area contributed by atoms with E-state index in [1.807, 2.05) is 17.6 Å². The van der Waals surface area contributed by atoms with Gasteiger partial charge in [-0.25, -0.2) is 4.98 Å². The fourth-order valence-electron chi connectivity index (χ4n) is 2.01. The topological polar surface area (TPSA) is 12.9 Å². The number of thiazole rings is 1. The number of rotatable bonds is 3. The van der Waals surface area contributed by atoms with Crippen LogP contribution in [0.5, 0.6) is 0 Å². The first-order valence-electron chi connectivity index (χ1n) is 5.95. The Bertz CT molecular complexity index is 614. The Kier molecular flexibility index (Phi) is 3.20. The Morgan fingerprint density at radius 3 is 2.22 bits per heavy atom. The van der Waals surface area contributed by atoms with E-state index in [9.17, 15) is 0 Å². The van der Waals surface area contributed by atoms with Crippen molar-refractivity contribution in [1.29, 1.82) is 0 Å². The van der Waals surface area contributed by atoms with E-state index < -0.39 is 0 Å². The summed E-state index contributed by atoms with van der Waals surface area (Å²) in [5.74, 6) is 0. The summed E-state index contributed by atoms with van der Waals surface area (Å²) >= 11 is 1.73. The molecular formula is C16H13NS. The summed E-state index contributed by atoms with van der Waals surface area (Å²) in [7, 11) is 0. The van der Waals surface area contributed by atoms with Crippen LogP contribution in [0.4, 0.5) is 0 Å². The number of aromatic nitrogens is 1. The lowest BCUT2D eigenvalue weighted by molar-refractivity contribution is 1.22. The van der Waals surface area contributed by atoms with Gasteiger partial charge in [-0.2, -0.15) is 0 Å². The summed E-state index contributed by atoms with van der Waals surface area (Å²) in [6.07, 6.45) is 0.954. The van der Waals surface area contributed by atoms with Crippen molar-refractivity contribution < 1.29 is 0 Å². The first kappa shape index (κ1) is 11.2. The van der Waals surface area contributed by atoms with Gasteiger partial charge in [0, 0.05) is 16.9 Å². The quantitative estimate of drug-likeness (QED) is 0.672. The molecule has 0 aliphatic heterocycles. The molecule has 0 bridgehead atoms. The predicted octanol–water partition coefficient (Wildman–Crippen LogP) is 4.40. The number of benzene rings is 2. The summed E-state index contributed by atoms with van der Waals surface area (Å²) in [5, 5.41) is 0. The van der Waals surface area contributed by atoms with E-state index in [0.29, 0.717) is 0 Å². The number of hydrogen-bond donors (Lipinski definition) is 0. The highest BCUT2D eigenvalue weighted by molar-refractivity contribution is 7.10. The van der Waals surface area contributed by atoms with Gasteiger partial charge in [0.05, 0.1) is 11.2 Å². The highest BCUT2D eigenvalue weighted by atomic mass is 32.1. The van der Waals surface area contributed by atoms with Gasteiger partial charge in [0.1, 0.15) is 0 Å². The Morgan fingerprint density at radius 2 is 1.50 bits per heavy atom. The van der Waals surface area contributed by atoms with Gasteiger partial charge in [-0.15, -0.1) is 11.3 Å². The summed E-state index contributed by atoms with van der Waals surface area (Å²) in [4.78, 5) is 5.83. The summed E-state index contributed by atoms with van der Waals surface area (Å²) in [5.41, 5.74) is 5.58. The fraction of sp³-hybridized carbons (Fsp3) is 0.0625. The van der Waals surface area contributed by atoms with Crippen LogP contribution in [-0.4, -0.2) is 4.98 Å². The van der Waals surface area contributed by atoms with Crippen LogP contribution in [0.2, 0.25) is 0 Å². The van der Waals surface area contributed by atoms with E-state index >= 15 is 0 Å². The van der Waals surface area contributed by atoms with Gasteiger partial charge in [0.2, 0.25) is 0 Å². The van der Waals surface area contributed by atoms with Gasteiger partial charge < -0.3 is 0 Å². The molecule has 0 radical (unpaired) electrons. The lowest BCUT2D eigenvalue weighted by Crippen LogP contribution is -1.88. The predicted molar refractivity (Wildman–Crippen MR) is 76.8 cm³/mol. The second-order valence-electron chi connectivity index (χ2n) is 4.15. The minimum absolute atomic E-state index is 0.954. The minimum atomic E-state index is 0.954. The largest absolute Gasteiger partial charge is 0.244 e. The minimum Gasteiger partial charge on any atom is -0.244 e. The van der Waals surface area contributed by atoms with E-state index in [4.69, 9.17) is 0 Å². The Balaban J connectivity index is 1.93. The monoisotopic (exact) mass is 251 g/mol. The van der Waals surface area contributed by atoms with Crippen molar-refractivity contribution in [2.45, 2.75) is 6.42 Å². The zero-order valence-corrected chi connectivity index (χ0v) is 10.7. The second-order valence-corrected chi connectivity index (χ2v) is 5.09. The molecule has 18 heavy (non-hydrogen) atoms. The van der Waals surface area contributed by atoms with Gasteiger partial charge in [-0.1, -0.05) is 60.7 Å². The van der Waals surface area contributed by atoms with E-state index in [0.717, 1.165) is 12.1 Å². The number of hydrogen-bond acceptors (Lipinski definition) is 2. The van der Waals surface area contributed by atoms with Crippen molar-refractivity contribution >= 4 is 11.3 Å². The molecule has 0 amide bonds. The molecule has 2 aromatic carbocycles. The molecule has 1 nitrogen and oxygen atoms in total. The molecule has 3 aromatic rings. The fourth-order valence-corrected chi connectivity index (χ4v) is 2.83. The maximum atomic E-state index is 4.50. The second kappa shape index (κ2) is 5.15. The van der Waals surface area contributed by atoms with E-state index in [1.165, 1.54) is 16.0 Å². The molecule has 0 saturated carbocycles. The molecule has 1 heterocycles. The molecule has 0 N–H and O–H groups in total. The lowest BCUT2D eigenvalue weighted by Gasteiger charge is -2.02. The Morgan fingerprint density at radius 1 is 0.833 bits per heavy atom. The van der Waals surface area contributed by atoms with Crippen LogP contribution in [0.15, 0.2) is 66.2 Å². The van der Waals surface area contributed by atoms with Crippen LogP contribution in [0, 0.1) is 0 Å². The molecule has 0 unspecified atom stereocenters. The SMILES string of the molecule is c1ccc(Cc2scnc2-c2ccccc2)cc1. The molecule has 0 saturated heterocycles. The molecule has 0 atom stereocenters.